The van der Waals surface area contributed by atoms with Gasteiger partial charge in [-0.05, 0) is 19.3 Å². The monoisotopic (exact) mass is 278 g/mol. The zero-order valence-corrected chi connectivity index (χ0v) is 11.6. The standard InChI is InChI=1S/C13H14N2O3S/c1-7-3-9(7)13(17)18-5-11(16)10(4-14)12-15-8(2)6-19-12/h6-7,9-10H,3,5H2,1-2H3/t7-,9-,10-/m0/s1. The number of ketones is 1. The number of rotatable bonds is 5. The molecule has 0 aromatic carbocycles. The van der Waals surface area contributed by atoms with Crippen molar-refractivity contribution in [3.63, 3.8) is 0 Å². The van der Waals surface area contributed by atoms with E-state index in [1.807, 2.05) is 13.0 Å². The van der Waals surface area contributed by atoms with Crippen molar-refractivity contribution >= 4 is 23.1 Å². The summed E-state index contributed by atoms with van der Waals surface area (Å²) in [7, 11) is 0. The predicted octanol–water partition coefficient (Wildman–Crippen LogP) is 1.83. The van der Waals surface area contributed by atoms with Crippen LogP contribution in [0.15, 0.2) is 5.38 Å². The van der Waals surface area contributed by atoms with Crippen molar-refractivity contribution < 1.29 is 14.3 Å². The molecular formula is C13H14N2O3S. The Kier molecular flexibility index (Phi) is 3.96. The second kappa shape index (κ2) is 5.49. The number of thiazole rings is 1. The molecule has 3 atom stereocenters. The van der Waals surface area contributed by atoms with E-state index in [9.17, 15) is 9.59 Å². The molecule has 2 rings (SSSR count). The fourth-order valence-corrected chi connectivity index (χ4v) is 2.61. The lowest BCUT2D eigenvalue weighted by molar-refractivity contribution is -0.149. The summed E-state index contributed by atoms with van der Waals surface area (Å²) in [5, 5.41) is 11.3. The van der Waals surface area contributed by atoms with Crippen LogP contribution in [0.3, 0.4) is 0 Å². The SMILES string of the molecule is Cc1csc([C@@H](C#N)C(=O)COC(=O)[C@H]2C[C@@H]2C)n1. The number of Topliss-reactive ketones (excluding diaryl/α,β-unsaturated/α-hetero) is 1. The first-order valence-corrected chi connectivity index (χ1v) is 6.92. The molecule has 0 unspecified atom stereocenters. The summed E-state index contributed by atoms with van der Waals surface area (Å²) in [5.41, 5.74) is 0.775. The molecule has 1 saturated carbocycles. The minimum absolute atomic E-state index is 0.0737. The molecule has 6 heteroatoms. The largest absolute Gasteiger partial charge is 0.457 e. The molecule has 5 nitrogen and oxygen atoms in total. The lowest BCUT2D eigenvalue weighted by Crippen LogP contribution is -2.20. The predicted molar refractivity (Wildman–Crippen MR) is 68.4 cm³/mol. The van der Waals surface area contributed by atoms with Gasteiger partial charge < -0.3 is 4.74 Å². The van der Waals surface area contributed by atoms with Crippen molar-refractivity contribution in [2.24, 2.45) is 11.8 Å². The van der Waals surface area contributed by atoms with Crippen LogP contribution in [0.2, 0.25) is 0 Å². The van der Waals surface area contributed by atoms with Crippen molar-refractivity contribution in [2.75, 3.05) is 6.61 Å². The van der Waals surface area contributed by atoms with Crippen molar-refractivity contribution in [3.05, 3.63) is 16.1 Å². The average Bonchev–Trinajstić information content (AvgIpc) is 2.96. The summed E-state index contributed by atoms with van der Waals surface area (Å²) in [5.74, 6) is -1.43. The second-order valence-corrected chi connectivity index (χ2v) is 5.67. The van der Waals surface area contributed by atoms with E-state index in [1.54, 1.807) is 12.3 Å². The third-order valence-electron chi connectivity index (χ3n) is 3.10. The maximum atomic E-state index is 11.9. The van der Waals surface area contributed by atoms with Crippen molar-refractivity contribution in [2.45, 2.75) is 26.2 Å². The molecule has 0 aliphatic heterocycles. The number of aromatic nitrogens is 1. The van der Waals surface area contributed by atoms with E-state index in [4.69, 9.17) is 10.00 Å². The Labute approximate surface area is 115 Å². The topological polar surface area (TPSA) is 80.0 Å². The van der Waals surface area contributed by atoms with Crippen LogP contribution in [0.5, 0.6) is 0 Å². The Morgan fingerprint density at radius 3 is 2.84 bits per heavy atom. The maximum absolute atomic E-state index is 11.9. The molecule has 0 amide bonds. The number of aryl methyl sites for hydroxylation is 1. The molecular weight excluding hydrogens is 264 g/mol. The smallest absolute Gasteiger partial charge is 0.309 e. The summed E-state index contributed by atoms with van der Waals surface area (Å²) in [6.45, 7) is 3.41. The van der Waals surface area contributed by atoms with Gasteiger partial charge in [0.15, 0.2) is 18.3 Å². The second-order valence-electron chi connectivity index (χ2n) is 4.78. The van der Waals surface area contributed by atoms with Gasteiger partial charge >= 0.3 is 5.97 Å². The average molecular weight is 278 g/mol. The van der Waals surface area contributed by atoms with Gasteiger partial charge in [0.25, 0.3) is 0 Å². The van der Waals surface area contributed by atoms with Gasteiger partial charge in [-0.1, -0.05) is 6.92 Å². The number of nitriles is 1. The minimum Gasteiger partial charge on any atom is -0.457 e. The van der Waals surface area contributed by atoms with Crippen LogP contribution in [0.25, 0.3) is 0 Å². The van der Waals surface area contributed by atoms with Gasteiger partial charge in [0.2, 0.25) is 0 Å². The van der Waals surface area contributed by atoms with E-state index in [2.05, 4.69) is 4.98 Å². The van der Waals surface area contributed by atoms with E-state index >= 15 is 0 Å². The molecule has 0 N–H and O–H groups in total. The molecule has 1 aromatic heterocycles. The summed E-state index contributed by atoms with van der Waals surface area (Å²) < 4.78 is 4.95. The quantitative estimate of drug-likeness (QED) is 0.767. The molecule has 1 aliphatic carbocycles. The van der Waals surface area contributed by atoms with Gasteiger partial charge in [-0.15, -0.1) is 11.3 Å². The Morgan fingerprint density at radius 2 is 2.37 bits per heavy atom. The number of esters is 1. The third kappa shape index (κ3) is 3.18. The highest BCUT2D eigenvalue weighted by atomic mass is 32.1. The van der Waals surface area contributed by atoms with E-state index in [-0.39, 0.29) is 18.5 Å². The highest BCUT2D eigenvalue weighted by Gasteiger charge is 2.41. The zero-order valence-electron chi connectivity index (χ0n) is 10.8. The van der Waals surface area contributed by atoms with Crippen LogP contribution in [0.1, 0.15) is 30.0 Å². The third-order valence-corrected chi connectivity index (χ3v) is 4.13. The number of ether oxygens (including phenoxy) is 1. The summed E-state index contributed by atoms with van der Waals surface area (Å²) in [4.78, 5) is 27.5. The Morgan fingerprint density at radius 1 is 1.68 bits per heavy atom. The number of carbonyl (C=O) groups excluding carboxylic acids is 2. The van der Waals surface area contributed by atoms with E-state index in [0.29, 0.717) is 10.9 Å². The fourth-order valence-electron chi connectivity index (χ4n) is 1.75. The van der Waals surface area contributed by atoms with Crippen molar-refractivity contribution in [1.29, 1.82) is 5.26 Å². The first-order valence-electron chi connectivity index (χ1n) is 6.04. The first-order chi connectivity index (χ1) is 9.02. The highest BCUT2D eigenvalue weighted by Crippen LogP contribution is 2.38. The van der Waals surface area contributed by atoms with Crippen molar-refractivity contribution in [3.8, 4) is 6.07 Å². The Hall–Kier alpha value is -1.74. The maximum Gasteiger partial charge on any atom is 0.309 e. The highest BCUT2D eigenvalue weighted by molar-refractivity contribution is 7.09. The van der Waals surface area contributed by atoms with Crippen molar-refractivity contribution in [1.82, 2.24) is 4.98 Å². The van der Waals surface area contributed by atoms with Gasteiger partial charge in [0.1, 0.15) is 5.01 Å². The lowest BCUT2D eigenvalue weighted by Gasteiger charge is -2.06. The summed E-state index contributed by atoms with van der Waals surface area (Å²) >= 11 is 1.27. The van der Waals surface area contributed by atoms with Crippen LogP contribution in [-0.2, 0) is 14.3 Å². The molecule has 100 valence electrons. The normalized spacial score (nSPS) is 22.4. The van der Waals surface area contributed by atoms with Gasteiger partial charge in [0.05, 0.1) is 12.0 Å². The van der Waals surface area contributed by atoms with Crippen LogP contribution in [0, 0.1) is 30.1 Å². The Bertz CT molecular complexity index is 546. The van der Waals surface area contributed by atoms with Gasteiger partial charge in [-0.2, -0.15) is 5.26 Å². The van der Waals surface area contributed by atoms with E-state index < -0.39 is 11.7 Å². The fraction of sp³-hybridized carbons (Fsp3) is 0.538. The number of hydrogen-bond acceptors (Lipinski definition) is 6. The lowest BCUT2D eigenvalue weighted by atomic mass is 10.1. The summed E-state index contributed by atoms with van der Waals surface area (Å²) in [6, 6.07) is 1.92. The molecule has 1 aromatic rings. The zero-order chi connectivity index (χ0) is 14.0. The number of hydrogen-bond donors (Lipinski definition) is 0. The molecule has 19 heavy (non-hydrogen) atoms. The Balaban J connectivity index is 1.91. The van der Waals surface area contributed by atoms with Gasteiger partial charge in [-0.25, -0.2) is 4.98 Å². The van der Waals surface area contributed by atoms with E-state index in [1.165, 1.54) is 11.3 Å². The first kappa shape index (κ1) is 13.7. The van der Waals surface area contributed by atoms with Crippen LogP contribution in [-0.4, -0.2) is 23.3 Å². The molecule has 0 bridgehead atoms. The molecule has 0 saturated heterocycles. The number of carbonyl (C=O) groups is 2. The summed E-state index contributed by atoms with van der Waals surface area (Å²) in [6.07, 6.45) is 0.820. The van der Waals surface area contributed by atoms with E-state index in [0.717, 1.165) is 12.1 Å². The van der Waals surface area contributed by atoms with Crippen LogP contribution >= 0.6 is 11.3 Å². The van der Waals surface area contributed by atoms with Gasteiger partial charge in [0, 0.05) is 11.1 Å². The van der Waals surface area contributed by atoms with Gasteiger partial charge in [-0.3, -0.25) is 9.59 Å². The molecule has 1 heterocycles. The molecule has 0 radical (unpaired) electrons. The van der Waals surface area contributed by atoms with Crippen LogP contribution in [0.4, 0.5) is 0 Å². The molecule has 1 aliphatic rings. The molecule has 0 spiro atoms. The minimum atomic E-state index is -0.942. The van der Waals surface area contributed by atoms with Crippen LogP contribution < -0.4 is 0 Å². The number of nitrogens with zero attached hydrogens (tertiary/aromatic N) is 2. The molecule has 1 fully saturated rings.